The lowest BCUT2D eigenvalue weighted by atomic mass is 9.91. The molecule has 0 spiro atoms. The van der Waals surface area contributed by atoms with Crippen LogP contribution in [-0.2, 0) is 32.2 Å². The van der Waals surface area contributed by atoms with Gasteiger partial charge < -0.3 is 25.2 Å². The Kier molecular flexibility index (Phi) is 10.5. The van der Waals surface area contributed by atoms with Crippen LogP contribution < -0.4 is 10.6 Å². The summed E-state index contributed by atoms with van der Waals surface area (Å²) in [5.74, 6) is 0.650. The van der Waals surface area contributed by atoms with Gasteiger partial charge in [0.25, 0.3) is 0 Å². The van der Waals surface area contributed by atoms with E-state index in [0.29, 0.717) is 6.54 Å². The summed E-state index contributed by atoms with van der Waals surface area (Å²) in [6.07, 6.45) is -0.845. The molecule has 0 bridgehead atoms. The third kappa shape index (κ3) is 8.15. The smallest absolute Gasteiger partial charge is 0.221 e. The summed E-state index contributed by atoms with van der Waals surface area (Å²) in [4.78, 5) is 23.8. The van der Waals surface area contributed by atoms with Crippen LogP contribution in [0.5, 0.6) is 0 Å². The minimum Gasteiger partial charge on any atom is -0.392 e. The molecule has 1 aliphatic rings. The molecule has 1 heterocycles. The van der Waals surface area contributed by atoms with E-state index < -0.39 is 6.29 Å². The van der Waals surface area contributed by atoms with Crippen molar-refractivity contribution in [1.29, 1.82) is 0 Å². The Hall–Kier alpha value is -3.95. The Balaban J connectivity index is 1.34. The first-order valence-electron chi connectivity index (χ1n) is 14.7. The van der Waals surface area contributed by atoms with Crippen molar-refractivity contribution in [2.45, 2.75) is 57.3 Å². The van der Waals surface area contributed by atoms with Gasteiger partial charge in [0.05, 0.1) is 18.8 Å². The lowest BCUT2D eigenvalue weighted by Gasteiger charge is -2.41. The first-order chi connectivity index (χ1) is 21.3. The fourth-order valence-electron chi connectivity index (χ4n) is 5.25. The van der Waals surface area contributed by atoms with Gasteiger partial charge in [0.2, 0.25) is 11.8 Å². The standard InChI is InChI=1S/C36H38N2O5S/c1-23-34(22-44-33-17-15-32(16-18-33)38-25(3)41)42-36(43-35(23)29-9-7-26(21-39)8-10-29)30-13-11-28(12-14-30)31-6-4-5-27(19-31)20-37-24(2)40/h4-19,23,34-36,39H,20-22H2,1-3H3,(H,37,40)(H,38,41)/t23-,34+,35+,36+/m0/s1. The molecule has 3 N–H and O–H groups in total. The number of aliphatic hydroxyl groups excluding tert-OH is 1. The van der Waals surface area contributed by atoms with E-state index in [0.717, 1.165) is 49.7 Å². The van der Waals surface area contributed by atoms with Crippen molar-refractivity contribution >= 4 is 29.3 Å². The molecular weight excluding hydrogens is 572 g/mol. The molecule has 0 unspecified atom stereocenters. The first-order valence-corrected chi connectivity index (χ1v) is 15.7. The molecule has 8 heteroatoms. The van der Waals surface area contributed by atoms with Crippen molar-refractivity contribution in [2.24, 2.45) is 5.92 Å². The van der Waals surface area contributed by atoms with Crippen LogP contribution in [0.1, 0.15) is 55.4 Å². The second kappa shape index (κ2) is 14.7. The zero-order valence-corrected chi connectivity index (χ0v) is 26.0. The number of amides is 2. The molecule has 4 aromatic carbocycles. The molecule has 1 fully saturated rings. The average molecular weight is 611 g/mol. The normalized spacial score (nSPS) is 19.7. The Morgan fingerprint density at radius 2 is 1.50 bits per heavy atom. The van der Waals surface area contributed by atoms with Crippen molar-refractivity contribution < 1.29 is 24.2 Å². The number of benzene rings is 4. The van der Waals surface area contributed by atoms with Gasteiger partial charge >= 0.3 is 0 Å². The van der Waals surface area contributed by atoms with Crippen LogP contribution in [0.3, 0.4) is 0 Å². The summed E-state index contributed by atoms with van der Waals surface area (Å²) < 4.78 is 13.2. The maximum Gasteiger partial charge on any atom is 0.221 e. The molecule has 228 valence electrons. The van der Waals surface area contributed by atoms with E-state index in [4.69, 9.17) is 9.47 Å². The van der Waals surface area contributed by atoms with Crippen molar-refractivity contribution in [3.8, 4) is 11.1 Å². The number of hydrogen-bond acceptors (Lipinski definition) is 6. The average Bonchev–Trinajstić information content (AvgIpc) is 3.04. The molecule has 44 heavy (non-hydrogen) atoms. The number of carbonyl (C=O) groups is 2. The fraction of sp³-hybridized carbons (Fsp3) is 0.278. The van der Waals surface area contributed by atoms with Crippen LogP contribution in [0.4, 0.5) is 5.69 Å². The Morgan fingerprint density at radius 3 is 2.16 bits per heavy atom. The van der Waals surface area contributed by atoms with E-state index in [1.54, 1.807) is 11.8 Å². The summed E-state index contributed by atoms with van der Waals surface area (Å²) in [5.41, 5.74) is 6.78. The van der Waals surface area contributed by atoms with Gasteiger partial charge in [-0.25, -0.2) is 0 Å². The van der Waals surface area contributed by atoms with Crippen LogP contribution in [0.25, 0.3) is 11.1 Å². The number of ether oxygens (including phenoxy) is 2. The molecule has 1 saturated heterocycles. The summed E-state index contributed by atoms with van der Waals surface area (Å²) in [6.45, 7) is 5.66. The molecule has 2 amide bonds. The molecule has 4 aromatic rings. The van der Waals surface area contributed by atoms with E-state index in [-0.39, 0.29) is 36.5 Å². The highest BCUT2D eigenvalue weighted by molar-refractivity contribution is 7.99. The summed E-state index contributed by atoms with van der Waals surface area (Å²) in [5, 5.41) is 15.2. The maximum absolute atomic E-state index is 11.4. The lowest BCUT2D eigenvalue weighted by molar-refractivity contribution is -0.268. The van der Waals surface area contributed by atoms with Crippen LogP contribution in [0.15, 0.2) is 102 Å². The van der Waals surface area contributed by atoms with Gasteiger partial charge in [-0.3, -0.25) is 9.59 Å². The molecule has 5 rings (SSSR count). The zero-order chi connectivity index (χ0) is 31.1. The minimum atomic E-state index is -0.554. The lowest BCUT2D eigenvalue weighted by Crippen LogP contribution is -2.38. The molecule has 4 atom stereocenters. The first kappa shape index (κ1) is 31.5. The van der Waals surface area contributed by atoms with Gasteiger partial charge in [0, 0.05) is 48.2 Å². The number of hydrogen-bond donors (Lipinski definition) is 3. The van der Waals surface area contributed by atoms with Gasteiger partial charge in [-0.2, -0.15) is 0 Å². The van der Waals surface area contributed by atoms with Gasteiger partial charge in [0.1, 0.15) is 0 Å². The highest BCUT2D eigenvalue weighted by Gasteiger charge is 2.38. The van der Waals surface area contributed by atoms with Gasteiger partial charge in [-0.15, -0.1) is 11.8 Å². The van der Waals surface area contributed by atoms with E-state index in [9.17, 15) is 14.7 Å². The third-order valence-corrected chi connectivity index (χ3v) is 8.80. The summed E-state index contributed by atoms with van der Waals surface area (Å²) in [6, 6.07) is 32.1. The third-order valence-electron chi connectivity index (χ3n) is 7.70. The van der Waals surface area contributed by atoms with E-state index >= 15 is 0 Å². The number of nitrogens with one attached hydrogen (secondary N) is 2. The van der Waals surface area contributed by atoms with E-state index in [1.165, 1.54) is 13.8 Å². The van der Waals surface area contributed by atoms with Gasteiger partial charge in [-0.05, 0) is 58.1 Å². The number of carbonyl (C=O) groups excluding carboxylic acids is 2. The number of aliphatic hydroxyl groups is 1. The maximum atomic E-state index is 11.4. The number of anilines is 1. The molecule has 1 aliphatic heterocycles. The van der Waals surface area contributed by atoms with Crippen molar-refractivity contribution in [1.82, 2.24) is 5.32 Å². The SMILES string of the molecule is CC(=O)NCc1cccc(-c2ccc([C@@H]3O[C@H](CSc4ccc(NC(C)=O)cc4)[C@H](C)[C@H](c4ccc(CO)cc4)O3)cc2)c1. The molecular formula is C36H38N2O5S. The van der Waals surface area contributed by atoms with Crippen LogP contribution in [0, 0.1) is 5.92 Å². The fourth-order valence-corrected chi connectivity index (χ4v) is 6.31. The van der Waals surface area contributed by atoms with E-state index in [2.05, 4.69) is 41.8 Å². The largest absolute Gasteiger partial charge is 0.392 e. The van der Waals surface area contributed by atoms with Crippen molar-refractivity contribution in [3.63, 3.8) is 0 Å². The van der Waals surface area contributed by atoms with Gasteiger partial charge in [-0.1, -0.05) is 73.7 Å². The highest BCUT2D eigenvalue weighted by Crippen LogP contribution is 2.43. The minimum absolute atomic E-state index is 0.00438. The number of rotatable bonds is 10. The predicted molar refractivity (Wildman–Crippen MR) is 174 cm³/mol. The Bertz CT molecular complexity index is 1560. The summed E-state index contributed by atoms with van der Waals surface area (Å²) in [7, 11) is 0. The molecule has 0 saturated carbocycles. The molecule has 0 aliphatic carbocycles. The van der Waals surface area contributed by atoms with Crippen LogP contribution in [0.2, 0.25) is 0 Å². The monoisotopic (exact) mass is 610 g/mol. The topological polar surface area (TPSA) is 96.9 Å². The van der Waals surface area contributed by atoms with Crippen LogP contribution in [-0.4, -0.2) is 28.8 Å². The van der Waals surface area contributed by atoms with E-state index in [1.807, 2.05) is 72.8 Å². The highest BCUT2D eigenvalue weighted by atomic mass is 32.2. The Morgan fingerprint density at radius 1 is 0.795 bits per heavy atom. The van der Waals surface area contributed by atoms with Crippen molar-refractivity contribution in [2.75, 3.05) is 11.1 Å². The zero-order valence-electron chi connectivity index (χ0n) is 25.2. The number of thioether (sulfide) groups is 1. The van der Waals surface area contributed by atoms with Crippen LogP contribution >= 0.6 is 11.8 Å². The predicted octanol–water partition coefficient (Wildman–Crippen LogP) is 7.02. The summed E-state index contributed by atoms with van der Waals surface area (Å²) >= 11 is 1.71. The second-order valence-electron chi connectivity index (χ2n) is 11.1. The van der Waals surface area contributed by atoms with Gasteiger partial charge in [0.15, 0.2) is 6.29 Å². The second-order valence-corrected chi connectivity index (χ2v) is 12.2. The quantitative estimate of drug-likeness (QED) is 0.167. The Labute approximate surface area is 263 Å². The molecule has 0 aromatic heterocycles. The van der Waals surface area contributed by atoms with Crippen molar-refractivity contribution in [3.05, 3.63) is 119 Å². The molecule has 7 nitrogen and oxygen atoms in total. The molecule has 0 radical (unpaired) electrons.